The molecule has 0 atom stereocenters. The van der Waals surface area contributed by atoms with Crippen LogP contribution >= 0.6 is 0 Å². The molecule has 0 unspecified atom stereocenters. The number of aromatic nitrogens is 2. The summed E-state index contributed by atoms with van der Waals surface area (Å²) in [5.41, 5.74) is 3.13. The van der Waals surface area contributed by atoms with Gasteiger partial charge in [-0.3, -0.25) is 4.79 Å². The molecule has 1 aromatic heterocycles. The number of sulfonamides is 1. The van der Waals surface area contributed by atoms with Crippen molar-refractivity contribution in [2.45, 2.75) is 49.8 Å². The van der Waals surface area contributed by atoms with Crippen LogP contribution in [0.25, 0.3) is 11.0 Å². The van der Waals surface area contributed by atoms with Crippen LogP contribution in [0.5, 0.6) is 0 Å². The van der Waals surface area contributed by atoms with Gasteiger partial charge in [-0.25, -0.2) is 13.4 Å². The predicted octanol–water partition coefficient (Wildman–Crippen LogP) is 4.07. The Labute approximate surface area is 194 Å². The molecule has 1 amide bonds. The van der Waals surface area contributed by atoms with Gasteiger partial charge in [0.15, 0.2) is 0 Å². The van der Waals surface area contributed by atoms with Gasteiger partial charge in [0.2, 0.25) is 10.0 Å². The molecule has 33 heavy (non-hydrogen) atoms. The van der Waals surface area contributed by atoms with Crippen molar-refractivity contribution in [3.05, 3.63) is 59.4 Å². The van der Waals surface area contributed by atoms with Gasteiger partial charge in [0, 0.05) is 37.7 Å². The van der Waals surface area contributed by atoms with Crippen molar-refractivity contribution < 1.29 is 13.2 Å². The molecule has 8 heteroatoms. The van der Waals surface area contributed by atoms with Gasteiger partial charge in [0.25, 0.3) is 5.91 Å². The van der Waals surface area contributed by atoms with Crippen LogP contribution < -0.4 is 0 Å². The fourth-order valence-corrected chi connectivity index (χ4v) is 6.73. The Morgan fingerprint density at radius 1 is 1.00 bits per heavy atom. The maximum absolute atomic E-state index is 13.2. The van der Waals surface area contributed by atoms with Crippen molar-refractivity contribution in [2.24, 2.45) is 0 Å². The number of aryl methyl sites for hydroxylation is 1. The second-order valence-electron chi connectivity index (χ2n) is 9.15. The number of aromatic amines is 1. The number of fused-ring (bicyclic) bond motifs is 1. The molecule has 5 rings (SSSR count). The molecule has 3 heterocycles. The number of amides is 1. The highest BCUT2D eigenvalue weighted by Gasteiger charge is 2.30. The van der Waals surface area contributed by atoms with Crippen LogP contribution in [0.4, 0.5) is 0 Å². The zero-order valence-corrected chi connectivity index (χ0v) is 19.8. The van der Waals surface area contributed by atoms with Gasteiger partial charge in [-0.1, -0.05) is 24.6 Å². The number of imidazole rings is 1. The van der Waals surface area contributed by atoms with Gasteiger partial charge >= 0.3 is 0 Å². The minimum absolute atomic E-state index is 0.104. The van der Waals surface area contributed by atoms with Gasteiger partial charge in [-0.05, 0) is 62.4 Å². The molecule has 174 valence electrons. The van der Waals surface area contributed by atoms with Crippen LogP contribution in [-0.2, 0) is 10.0 Å². The number of hydrogen-bond acceptors (Lipinski definition) is 4. The number of piperidine rings is 2. The second-order valence-corrected chi connectivity index (χ2v) is 11.1. The van der Waals surface area contributed by atoms with Gasteiger partial charge in [0.1, 0.15) is 5.82 Å². The van der Waals surface area contributed by atoms with Crippen molar-refractivity contribution >= 4 is 27.0 Å². The first-order chi connectivity index (χ1) is 15.9. The lowest BCUT2D eigenvalue weighted by Crippen LogP contribution is -2.38. The quantitative estimate of drug-likeness (QED) is 0.628. The topological polar surface area (TPSA) is 86.4 Å². The Bertz CT molecular complexity index is 1240. The number of likely N-dealkylation sites (tertiary alicyclic amines) is 1. The molecule has 0 saturated carbocycles. The molecular weight excluding hydrogens is 436 g/mol. The minimum Gasteiger partial charge on any atom is -0.342 e. The summed E-state index contributed by atoms with van der Waals surface area (Å²) < 4.78 is 28.0. The van der Waals surface area contributed by atoms with E-state index in [1.54, 1.807) is 29.4 Å². The zero-order chi connectivity index (χ0) is 23.0. The van der Waals surface area contributed by atoms with Gasteiger partial charge in [0.05, 0.1) is 15.9 Å². The molecule has 0 aliphatic carbocycles. The van der Waals surface area contributed by atoms with Crippen LogP contribution in [0.15, 0.2) is 47.4 Å². The third-order valence-corrected chi connectivity index (χ3v) is 8.99. The van der Waals surface area contributed by atoms with E-state index >= 15 is 0 Å². The predicted molar refractivity (Wildman–Crippen MR) is 128 cm³/mol. The zero-order valence-electron chi connectivity index (χ0n) is 19.0. The molecule has 2 aliphatic rings. The monoisotopic (exact) mass is 466 g/mol. The number of hydrogen-bond donors (Lipinski definition) is 1. The van der Waals surface area contributed by atoms with E-state index in [9.17, 15) is 13.2 Å². The number of nitrogens with zero attached hydrogens (tertiary/aromatic N) is 3. The number of rotatable bonds is 4. The summed E-state index contributed by atoms with van der Waals surface area (Å²) >= 11 is 0. The maximum Gasteiger partial charge on any atom is 0.253 e. The summed E-state index contributed by atoms with van der Waals surface area (Å²) in [5, 5.41) is 0. The molecule has 3 aromatic rings. The van der Waals surface area contributed by atoms with Crippen LogP contribution in [0.3, 0.4) is 0 Å². The van der Waals surface area contributed by atoms with Crippen LogP contribution in [-0.4, -0.2) is 59.7 Å². The van der Waals surface area contributed by atoms with Crippen molar-refractivity contribution in [3.8, 4) is 0 Å². The normalized spacial score (nSPS) is 18.6. The van der Waals surface area contributed by atoms with Gasteiger partial charge in [-0.2, -0.15) is 4.31 Å². The van der Waals surface area contributed by atoms with Gasteiger partial charge < -0.3 is 9.88 Å². The lowest BCUT2D eigenvalue weighted by molar-refractivity contribution is 0.0711. The SMILES string of the molecule is Cc1ccc(C(=O)N2CCC(c3nc4ccccc4[nH]3)CC2)cc1S(=O)(=O)N1CCCCC1. The summed E-state index contributed by atoms with van der Waals surface area (Å²) in [6.07, 6.45) is 4.49. The third kappa shape index (κ3) is 4.29. The smallest absolute Gasteiger partial charge is 0.253 e. The van der Waals surface area contributed by atoms with E-state index < -0.39 is 10.0 Å². The Morgan fingerprint density at radius 2 is 1.73 bits per heavy atom. The largest absolute Gasteiger partial charge is 0.342 e. The van der Waals surface area contributed by atoms with E-state index in [1.807, 2.05) is 29.2 Å². The summed E-state index contributed by atoms with van der Waals surface area (Å²) in [4.78, 5) is 23.5. The molecule has 0 spiro atoms. The fraction of sp³-hybridized carbons (Fsp3) is 0.440. The Kier molecular flexibility index (Phi) is 5.97. The minimum atomic E-state index is -3.59. The number of carbonyl (C=O) groups is 1. The standard InChI is InChI=1S/C25H30N4O3S/c1-18-9-10-20(17-23(18)33(31,32)29-13-5-2-6-14-29)25(30)28-15-11-19(12-16-28)24-26-21-7-3-4-8-22(21)27-24/h3-4,7-10,17,19H,2,5-6,11-16H2,1H3,(H,26,27). The molecule has 0 radical (unpaired) electrons. The average Bonchev–Trinajstić information content (AvgIpc) is 3.29. The van der Waals surface area contributed by atoms with Crippen molar-refractivity contribution in [1.29, 1.82) is 0 Å². The number of benzene rings is 2. The fourth-order valence-electron chi connectivity index (χ4n) is 4.96. The molecule has 1 N–H and O–H groups in total. The van der Waals surface area contributed by atoms with Crippen molar-refractivity contribution in [3.63, 3.8) is 0 Å². The molecule has 2 aromatic carbocycles. The Morgan fingerprint density at radius 3 is 2.45 bits per heavy atom. The molecule has 2 fully saturated rings. The Balaban J connectivity index is 1.30. The molecule has 0 bridgehead atoms. The summed E-state index contributed by atoms with van der Waals surface area (Å²) in [6.45, 7) is 4.15. The van der Waals surface area contributed by atoms with E-state index in [4.69, 9.17) is 4.98 Å². The molecule has 7 nitrogen and oxygen atoms in total. The van der Waals surface area contributed by atoms with E-state index in [0.717, 1.165) is 49.0 Å². The van der Waals surface area contributed by atoms with Crippen molar-refractivity contribution in [1.82, 2.24) is 19.2 Å². The lowest BCUT2D eigenvalue weighted by Gasteiger charge is -2.31. The highest BCUT2D eigenvalue weighted by atomic mass is 32.2. The molecular formula is C25H30N4O3S. The summed E-state index contributed by atoms with van der Waals surface area (Å²) in [5.74, 6) is 1.16. The first kappa shape index (κ1) is 22.1. The van der Waals surface area contributed by atoms with Crippen LogP contribution in [0, 0.1) is 6.92 Å². The van der Waals surface area contributed by atoms with Gasteiger partial charge in [-0.15, -0.1) is 0 Å². The van der Waals surface area contributed by atoms with Crippen LogP contribution in [0.2, 0.25) is 0 Å². The highest BCUT2D eigenvalue weighted by molar-refractivity contribution is 7.89. The first-order valence-corrected chi connectivity index (χ1v) is 13.2. The average molecular weight is 467 g/mol. The number of nitrogens with one attached hydrogen (secondary N) is 1. The Hall–Kier alpha value is -2.71. The lowest BCUT2D eigenvalue weighted by atomic mass is 9.95. The second kappa shape index (κ2) is 8.91. The van der Waals surface area contributed by atoms with E-state index in [-0.39, 0.29) is 16.7 Å². The van der Waals surface area contributed by atoms with Crippen LogP contribution in [0.1, 0.15) is 59.8 Å². The number of para-hydroxylation sites is 2. The van der Waals surface area contributed by atoms with E-state index in [2.05, 4.69) is 4.98 Å². The van der Waals surface area contributed by atoms with Crippen molar-refractivity contribution in [2.75, 3.05) is 26.2 Å². The number of H-pyrrole nitrogens is 1. The molecule has 2 aliphatic heterocycles. The van der Waals surface area contributed by atoms with E-state index in [0.29, 0.717) is 37.3 Å². The summed E-state index contributed by atoms with van der Waals surface area (Å²) in [6, 6.07) is 13.1. The maximum atomic E-state index is 13.2. The number of carbonyl (C=O) groups excluding carboxylic acids is 1. The first-order valence-electron chi connectivity index (χ1n) is 11.8. The highest BCUT2D eigenvalue weighted by Crippen LogP contribution is 2.29. The summed E-state index contributed by atoms with van der Waals surface area (Å²) in [7, 11) is -3.59. The van der Waals surface area contributed by atoms with E-state index in [1.165, 1.54) is 0 Å². The third-order valence-electron chi connectivity index (χ3n) is 6.94. The molecule has 2 saturated heterocycles.